The summed E-state index contributed by atoms with van der Waals surface area (Å²) in [5, 5.41) is 5.40. The van der Waals surface area contributed by atoms with Crippen LogP contribution in [0.1, 0.15) is 42.8 Å². The molecule has 1 N–H and O–H groups in total. The highest BCUT2D eigenvalue weighted by molar-refractivity contribution is 6.19. The Kier molecular flexibility index (Phi) is 9.20. The molecule has 6 rings (SSSR count). The molecule has 1 aromatic heterocycles. The smallest absolute Gasteiger partial charge is 0.415 e. The Morgan fingerprint density at radius 2 is 1.66 bits per heavy atom. The number of nitrogens with zero attached hydrogens (tertiary/aromatic N) is 3. The summed E-state index contributed by atoms with van der Waals surface area (Å²) < 4.78 is 23.3. The van der Waals surface area contributed by atoms with Gasteiger partial charge < -0.3 is 38.6 Å². The number of anilines is 1. The number of halogens is 1. The van der Waals surface area contributed by atoms with Gasteiger partial charge in [-0.1, -0.05) is 24.3 Å². The van der Waals surface area contributed by atoms with Gasteiger partial charge in [0.05, 0.1) is 5.69 Å². The minimum atomic E-state index is -0.603. The number of hydrogen-bond acceptors (Lipinski definition) is 8. The lowest BCUT2D eigenvalue weighted by atomic mass is 9.95. The third-order valence-electron chi connectivity index (χ3n) is 8.27. The summed E-state index contributed by atoms with van der Waals surface area (Å²) in [7, 11) is 1.86. The average Bonchev–Trinajstić information content (AvgIpc) is 3.65. The molecule has 0 radical (unpaired) electrons. The van der Waals surface area contributed by atoms with Crippen LogP contribution in [0.25, 0.3) is 21.7 Å². The summed E-state index contributed by atoms with van der Waals surface area (Å²) in [6.07, 6.45) is -0.940. The number of hydrogen-bond donors (Lipinski definition) is 1. The zero-order valence-electron chi connectivity index (χ0n) is 27.0. The normalized spacial score (nSPS) is 16.4. The molecule has 0 saturated carbocycles. The first-order chi connectivity index (χ1) is 22.6. The van der Waals surface area contributed by atoms with Gasteiger partial charge in [-0.15, -0.1) is 11.6 Å². The van der Waals surface area contributed by atoms with E-state index < -0.39 is 17.8 Å². The fraction of sp³-hybridized carbons (Fsp3) is 0.400. The first kappa shape index (κ1) is 32.5. The molecule has 1 atom stereocenters. The van der Waals surface area contributed by atoms with Crippen molar-refractivity contribution in [2.24, 2.45) is 0 Å². The van der Waals surface area contributed by atoms with Crippen LogP contribution in [-0.2, 0) is 4.74 Å². The van der Waals surface area contributed by atoms with E-state index in [0.29, 0.717) is 74.5 Å². The Hall–Kier alpha value is -4.48. The molecule has 1 fully saturated rings. The van der Waals surface area contributed by atoms with Crippen LogP contribution in [-0.4, -0.2) is 92.3 Å². The summed E-state index contributed by atoms with van der Waals surface area (Å²) in [6.45, 7) is 8.28. The summed E-state index contributed by atoms with van der Waals surface area (Å²) >= 11 is 6.47. The van der Waals surface area contributed by atoms with Crippen molar-refractivity contribution in [2.75, 3.05) is 63.7 Å². The predicted molar refractivity (Wildman–Crippen MR) is 180 cm³/mol. The molecule has 0 spiro atoms. The largest absolute Gasteiger partial charge is 0.492 e. The molecule has 12 heteroatoms. The highest BCUT2D eigenvalue weighted by atomic mass is 35.5. The van der Waals surface area contributed by atoms with Crippen LogP contribution in [0, 0.1) is 0 Å². The van der Waals surface area contributed by atoms with Gasteiger partial charge >= 0.3 is 12.2 Å². The minimum absolute atomic E-state index is 0.136. The van der Waals surface area contributed by atoms with Gasteiger partial charge in [-0.05, 0) is 63.0 Å². The number of benzene rings is 3. The number of ether oxygens (including phenoxy) is 3. The number of furan rings is 1. The molecule has 248 valence electrons. The predicted octanol–water partition coefficient (Wildman–Crippen LogP) is 6.22. The summed E-state index contributed by atoms with van der Waals surface area (Å²) in [5.74, 6) is 1.05. The summed E-state index contributed by atoms with van der Waals surface area (Å²) in [6, 6.07) is 16.6. The molecule has 1 saturated heterocycles. The summed E-state index contributed by atoms with van der Waals surface area (Å²) in [5.41, 5.74) is 1.51. The topological polar surface area (TPSA) is 114 Å². The SMILES string of the molecule is CNCCOc1ccc2oc(C(=O)N3C[C@@H](CCl)c4c3cc(OC(=O)N3CCN(C(=O)OC(C)(C)C)CC3)c3ccccc43)cc2c1. The van der Waals surface area contributed by atoms with Crippen molar-refractivity contribution in [1.82, 2.24) is 15.1 Å². The Balaban J connectivity index is 1.25. The first-order valence-electron chi connectivity index (χ1n) is 15.8. The Bertz CT molecular complexity index is 1810. The van der Waals surface area contributed by atoms with E-state index in [1.165, 1.54) is 0 Å². The molecule has 2 aliphatic rings. The molecule has 3 aromatic carbocycles. The monoisotopic (exact) mass is 662 g/mol. The maximum absolute atomic E-state index is 14.0. The number of nitrogens with one attached hydrogen (secondary N) is 1. The number of fused-ring (bicyclic) bond motifs is 4. The second-order valence-electron chi connectivity index (χ2n) is 12.7. The standard InChI is InChI=1S/C35H39ClN4O7/c1-35(2,3)47-34(43)39-14-12-38(13-15-39)33(42)46-29-19-27-31(26-8-6-5-7-25(26)29)23(20-36)21-40(27)32(41)30-18-22-17-24(44-16-11-37-4)9-10-28(22)45-30/h5-10,17-19,23,37H,11-16,20-21H2,1-4H3/t23-/m1/s1. The van der Waals surface area contributed by atoms with E-state index in [1.807, 2.05) is 64.2 Å². The number of carbonyl (C=O) groups excluding carboxylic acids is 3. The van der Waals surface area contributed by atoms with E-state index in [1.54, 1.807) is 32.9 Å². The van der Waals surface area contributed by atoms with Gasteiger partial charge in [0.1, 0.15) is 29.3 Å². The molecule has 2 aliphatic heterocycles. The van der Waals surface area contributed by atoms with Crippen LogP contribution >= 0.6 is 11.6 Å². The maximum Gasteiger partial charge on any atom is 0.415 e. The van der Waals surface area contributed by atoms with E-state index in [2.05, 4.69) is 5.32 Å². The lowest BCUT2D eigenvalue weighted by Gasteiger charge is -2.35. The highest BCUT2D eigenvalue weighted by Gasteiger charge is 2.37. The first-order valence-corrected chi connectivity index (χ1v) is 16.3. The minimum Gasteiger partial charge on any atom is -0.492 e. The van der Waals surface area contributed by atoms with Gasteiger partial charge in [0.25, 0.3) is 5.91 Å². The molecule has 47 heavy (non-hydrogen) atoms. The zero-order valence-corrected chi connectivity index (χ0v) is 27.8. The molecule has 0 aliphatic carbocycles. The third-order valence-corrected chi connectivity index (χ3v) is 8.64. The number of alkyl halides is 1. The number of carbonyl (C=O) groups is 3. The van der Waals surface area contributed by atoms with Crippen molar-refractivity contribution in [3.8, 4) is 11.5 Å². The molecule has 3 amide bonds. The zero-order chi connectivity index (χ0) is 33.3. The molecular weight excluding hydrogens is 624 g/mol. The average molecular weight is 663 g/mol. The van der Waals surface area contributed by atoms with Crippen molar-refractivity contribution < 1.29 is 33.0 Å². The van der Waals surface area contributed by atoms with Crippen LogP contribution < -0.4 is 19.7 Å². The van der Waals surface area contributed by atoms with E-state index >= 15 is 0 Å². The van der Waals surface area contributed by atoms with E-state index in [9.17, 15) is 14.4 Å². The van der Waals surface area contributed by atoms with Crippen LogP contribution in [0.4, 0.5) is 15.3 Å². The molecule has 0 unspecified atom stereocenters. The molecule has 3 heterocycles. The highest BCUT2D eigenvalue weighted by Crippen LogP contribution is 2.46. The van der Waals surface area contributed by atoms with Gasteiger partial charge in [-0.25, -0.2) is 9.59 Å². The Morgan fingerprint density at radius 3 is 2.34 bits per heavy atom. The van der Waals surface area contributed by atoms with Crippen LogP contribution in [0.15, 0.2) is 59.0 Å². The number of piperazine rings is 1. The van der Waals surface area contributed by atoms with Crippen molar-refractivity contribution in [2.45, 2.75) is 32.3 Å². The van der Waals surface area contributed by atoms with Crippen molar-refractivity contribution in [3.63, 3.8) is 0 Å². The Morgan fingerprint density at radius 1 is 0.957 bits per heavy atom. The van der Waals surface area contributed by atoms with Crippen molar-refractivity contribution >= 4 is 57.1 Å². The molecule has 0 bridgehead atoms. The number of likely N-dealkylation sites (N-methyl/N-ethyl adjacent to an activating group) is 1. The number of amides is 3. The quantitative estimate of drug-likeness (QED) is 0.183. The van der Waals surface area contributed by atoms with E-state index in [0.717, 1.165) is 21.7 Å². The van der Waals surface area contributed by atoms with Crippen molar-refractivity contribution in [1.29, 1.82) is 0 Å². The molecule has 4 aromatic rings. The fourth-order valence-electron chi connectivity index (χ4n) is 5.99. The van der Waals surface area contributed by atoms with Crippen LogP contribution in [0.2, 0.25) is 0 Å². The lowest BCUT2D eigenvalue weighted by molar-refractivity contribution is 0.0154. The second kappa shape index (κ2) is 13.3. The Labute approximate surface area is 278 Å². The lowest BCUT2D eigenvalue weighted by Crippen LogP contribution is -2.52. The van der Waals surface area contributed by atoms with Crippen LogP contribution in [0.5, 0.6) is 11.5 Å². The van der Waals surface area contributed by atoms with Gasteiger partial charge in [-0.3, -0.25) is 4.79 Å². The molecular formula is C35H39ClN4O7. The maximum atomic E-state index is 14.0. The van der Waals surface area contributed by atoms with E-state index in [-0.39, 0.29) is 17.6 Å². The van der Waals surface area contributed by atoms with Crippen molar-refractivity contribution in [3.05, 3.63) is 65.9 Å². The van der Waals surface area contributed by atoms with Crippen LogP contribution in [0.3, 0.4) is 0 Å². The summed E-state index contributed by atoms with van der Waals surface area (Å²) in [4.78, 5) is 44.7. The van der Waals surface area contributed by atoms with Gasteiger partial charge in [0, 0.05) is 67.9 Å². The van der Waals surface area contributed by atoms with Gasteiger partial charge in [0.2, 0.25) is 0 Å². The molecule has 11 nitrogen and oxygen atoms in total. The fourth-order valence-corrected chi connectivity index (χ4v) is 6.24. The van der Waals surface area contributed by atoms with Gasteiger partial charge in [-0.2, -0.15) is 0 Å². The van der Waals surface area contributed by atoms with Gasteiger partial charge in [0.15, 0.2) is 5.76 Å². The van der Waals surface area contributed by atoms with E-state index in [4.69, 9.17) is 30.2 Å². The number of rotatable bonds is 7. The third kappa shape index (κ3) is 6.82. The second-order valence-corrected chi connectivity index (χ2v) is 13.0.